The molecule has 104 valence electrons. The number of rotatable bonds is 5. The van der Waals surface area contributed by atoms with Crippen molar-refractivity contribution in [2.75, 3.05) is 0 Å². The molecule has 0 unspecified atom stereocenters. The minimum atomic E-state index is 0.391. The van der Waals surface area contributed by atoms with E-state index >= 15 is 0 Å². The highest BCUT2D eigenvalue weighted by atomic mass is 16.1. The third-order valence-electron chi connectivity index (χ3n) is 5.53. The van der Waals surface area contributed by atoms with E-state index in [-0.39, 0.29) is 0 Å². The normalized spacial score (nSPS) is 37.4. The first kappa shape index (κ1) is 14.1. The molecule has 0 heterocycles. The van der Waals surface area contributed by atoms with Crippen LogP contribution < -0.4 is 0 Å². The summed E-state index contributed by atoms with van der Waals surface area (Å²) in [5.41, 5.74) is 0. The van der Waals surface area contributed by atoms with Crippen molar-refractivity contribution in [1.82, 2.24) is 0 Å². The second-order valence-electron chi connectivity index (χ2n) is 6.73. The van der Waals surface area contributed by atoms with Gasteiger partial charge in [0.1, 0.15) is 6.29 Å². The van der Waals surface area contributed by atoms with E-state index in [2.05, 4.69) is 6.92 Å². The molecule has 0 aromatic heterocycles. The number of hydrogen-bond acceptors (Lipinski definition) is 1. The summed E-state index contributed by atoms with van der Waals surface area (Å²) >= 11 is 0. The molecule has 0 aliphatic heterocycles. The first-order chi connectivity index (χ1) is 8.83. The van der Waals surface area contributed by atoms with Crippen molar-refractivity contribution in [2.45, 2.75) is 77.6 Å². The molecule has 1 nitrogen and oxygen atoms in total. The maximum atomic E-state index is 10.8. The summed E-state index contributed by atoms with van der Waals surface area (Å²) in [7, 11) is 0. The molecule has 0 amide bonds. The molecule has 0 bridgehead atoms. The SMILES string of the molecule is CCCC[C@H]1CC[C@H](C2CCC(C=O)CC2)CC1. The highest BCUT2D eigenvalue weighted by molar-refractivity contribution is 5.53. The molecule has 1 heteroatoms. The van der Waals surface area contributed by atoms with E-state index in [0.29, 0.717) is 5.92 Å². The Balaban J connectivity index is 1.68. The second kappa shape index (κ2) is 7.31. The summed E-state index contributed by atoms with van der Waals surface area (Å²) < 4.78 is 0. The molecule has 0 spiro atoms. The Morgan fingerprint density at radius 3 is 1.94 bits per heavy atom. The van der Waals surface area contributed by atoms with Crippen LogP contribution in [0.3, 0.4) is 0 Å². The maximum Gasteiger partial charge on any atom is 0.123 e. The maximum absolute atomic E-state index is 10.8. The minimum Gasteiger partial charge on any atom is -0.303 e. The molecule has 0 aromatic carbocycles. The molecule has 2 saturated carbocycles. The van der Waals surface area contributed by atoms with Gasteiger partial charge in [0, 0.05) is 5.92 Å². The van der Waals surface area contributed by atoms with Gasteiger partial charge in [-0.05, 0) is 56.3 Å². The monoisotopic (exact) mass is 250 g/mol. The molecule has 18 heavy (non-hydrogen) atoms. The van der Waals surface area contributed by atoms with E-state index in [4.69, 9.17) is 0 Å². The minimum absolute atomic E-state index is 0.391. The summed E-state index contributed by atoms with van der Waals surface area (Å²) in [6.07, 6.45) is 16.4. The van der Waals surface area contributed by atoms with Gasteiger partial charge >= 0.3 is 0 Å². The molecule has 0 radical (unpaired) electrons. The zero-order valence-electron chi connectivity index (χ0n) is 12.1. The fraction of sp³-hybridized carbons (Fsp3) is 0.941. The summed E-state index contributed by atoms with van der Waals surface area (Å²) in [6.45, 7) is 2.30. The second-order valence-corrected chi connectivity index (χ2v) is 6.73. The Bertz CT molecular complexity index is 232. The van der Waals surface area contributed by atoms with Crippen molar-refractivity contribution >= 4 is 6.29 Å². The molecule has 2 aliphatic rings. The van der Waals surface area contributed by atoms with Crippen molar-refractivity contribution in [2.24, 2.45) is 23.7 Å². The first-order valence-electron chi connectivity index (χ1n) is 8.28. The lowest BCUT2D eigenvalue weighted by Crippen LogP contribution is -2.26. The zero-order chi connectivity index (χ0) is 12.8. The third kappa shape index (κ3) is 3.83. The molecule has 2 aliphatic carbocycles. The highest BCUT2D eigenvalue weighted by Crippen LogP contribution is 2.41. The molecule has 0 saturated heterocycles. The highest BCUT2D eigenvalue weighted by Gasteiger charge is 2.30. The van der Waals surface area contributed by atoms with Crippen LogP contribution in [0.5, 0.6) is 0 Å². The van der Waals surface area contributed by atoms with Crippen LogP contribution in [0, 0.1) is 23.7 Å². The number of carbonyl (C=O) groups excluding carboxylic acids is 1. The standard InChI is InChI=1S/C17H30O/c1-2-3-4-14-5-9-16(10-6-14)17-11-7-15(13-18)8-12-17/h13-17H,2-12H2,1H3/t14-,15?,16-,17?. The summed E-state index contributed by atoms with van der Waals surface area (Å²) in [4.78, 5) is 10.8. The van der Waals surface area contributed by atoms with Gasteiger partial charge in [-0.3, -0.25) is 0 Å². The lowest BCUT2D eigenvalue weighted by atomic mass is 9.69. The average molecular weight is 250 g/mol. The van der Waals surface area contributed by atoms with Gasteiger partial charge in [0.05, 0.1) is 0 Å². The molecule has 0 N–H and O–H groups in total. The van der Waals surface area contributed by atoms with Crippen molar-refractivity contribution in [3.05, 3.63) is 0 Å². The molecule has 0 atom stereocenters. The van der Waals surface area contributed by atoms with Crippen molar-refractivity contribution in [1.29, 1.82) is 0 Å². The molecular formula is C17H30O. The Morgan fingerprint density at radius 1 is 0.889 bits per heavy atom. The van der Waals surface area contributed by atoms with Gasteiger partial charge in [-0.25, -0.2) is 0 Å². The van der Waals surface area contributed by atoms with Crippen molar-refractivity contribution in [3.8, 4) is 0 Å². The van der Waals surface area contributed by atoms with Crippen molar-refractivity contribution < 1.29 is 4.79 Å². The van der Waals surface area contributed by atoms with Gasteiger partial charge in [-0.15, -0.1) is 0 Å². The summed E-state index contributed by atoms with van der Waals surface area (Å²) in [6, 6.07) is 0. The van der Waals surface area contributed by atoms with E-state index in [0.717, 1.165) is 17.8 Å². The van der Waals surface area contributed by atoms with Gasteiger partial charge in [-0.2, -0.15) is 0 Å². The fourth-order valence-electron chi connectivity index (χ4n) is 4.19. The van der Waals surface area contributed by atoms with E-state index in [1.807, 2.05) is 0 Å². The molecule has 0 aromatic rings. The van der Waals surface area contributed by atoms with Crippen LogP contribution in [0.1, 0.15) is 77.6 Å². The Kier molecular flexibility index (Phi) is 5.72. The predicted molar refractivity (Wildman–Crippen MR) is 76.5 cm³/mol. The predicted octanol–water partition coefficient (Wildman–Crippen LogP) is 4.99. The van der Waals surface area contributed by atoms with E-state index in [1.54, 1.807) is 0 Å². The van der Waals surface area contributed by atoms with Gasteiger partial charge < -0.3 is 4.79 Å². The van der Waals surface area contributed by atoms with Crippen molar-refractivity contribution in [3.63, 3.8) is 0 Å². The quantitative estimate of drug-likeness (QED) is 0.628. The number of aldehydes is 1. The molecule has 2 rings (SSSR count). The van der Waals surface area contributed by atoms with Crippen LogP contribution >= 0.6 is 0 Å². The lowest BCUT2D eigenvalue weighted by molar-refractivity contribution is -0.112. The lowest BCUT2D eigenvalue weighted by Gasteiger charge is -2.37. The number of hydrogen-bond donors (Lipinski definition) is 0. The summed E-state index contributed by atoms with van der Waals surface area (Å²) in [5, 5.41) is 0. The van der Waals surface area contributed by atoms with E-state index < -0.39 is 0 Å². The number of unbranched alkanes of at least 4 members (excludes halogenated alkanes) is 1. The third-order valence-corrected chi connectivity index (χ3v) is 5.53. The van der Waals surface area contributed by atoms with Gasteiger partial charge in [-0.1, -0.05) is 39.0 Å². The topological polar surface area (TPSA) is 17.1 Å². The van der Waals surface area contributed by atoms with Gasteiger partial charge in [0.2, 0.25) is 0 Å². The smallest absolute Gasteiger partial charge is 0.123 e. The van der Waals surface area contributed by atoms with Crippen LogP contribution in [0.2, 0.25) is 0 Å². The molecule has 2 fully saturated rings. The Labute approximate surface area is 113 Å². The molecular weight excluding hydrogens is 220 g/mol. The number of carbonyl (C=O) groups is 1. The van der Waals surface area contributed by atoms with Crippen LogP contribution in [0.4, 0.5) is 0 Å². The Morgan fingerprint density at radius 2 is 1.44 bits per heavy atom. The van der Waals surface area contributed by atoms with Crippen LogP contribution in [0.25, 0.3) is 0 Å². The Hall–Kier alpha value is -0.330. The van der Waals surface area contributed by atoms with Gasteiger partial charge in [0.25, 0.3) is 0 Å². The summed E-state index contributed by atoms with van der Waals surface area (Å²) in [5.74, 6) is 3.37. The average Bonchev–Trinajstić information content (AvgIpc) is 2.46. The van der Waals surface area contributed by atoms with Gasteiger partial charge in [0.15, 0.2) is 0 Å². The van der Waals surface area contributed by atoms with Crippen LogP contribution in [-0.4, -0.2) is 6.29 Å². The largest absolute Gasteiger partial charge is 0.303 e. The van der Waals surface area contributed by atoms with Crippen LogP contribution in [-0.2, 0) is 4.79 Å². The van der Waals surface area contributed by atoms with E-state index in [1.165, 1.54) is 76.9 Å². The first-order valence-corrected chi connectivity index (χ1v) is 8.28. The zero-order valence-corrected chi connectivity index (χ0v) is 12.1. The van der Waals surface area contributed by atoms with E-state index in [9.17, 15) is 4.79 Å². The fourth-order valence-corrected chi connectivity index (χ4v) is 4.19. The van der Waals surface area contributed by atoms with Crippen LogP contribution in [0.15, 0.2) is 0 Å².